The smallest absolute Gasteiger partial charge is 1.00 e. The van der Waals surface area contributed by atoms with Crippen molar-refractivity contribution < 1.29 is 21.7 Å². The third kappa shape index (κ3) is 18.9. The molecule has 0 amide bonds. The summed E-state index contributed by atoms with van der Waals surface area (Å²) in [6.45, 7) is 3.95. The number of halogens is 1. The minimum Gasteiger partial charge on any atom is -1.00 e. The van der Waals surface area contributed by atoms with Crippen LogP contribution in [0.4, 0.5) is 0 Å². The molecule has 0 aromatic carbocycles. The van der Waals surface area contributed by atoms with Crippen molar-refractivity contribution in [3.8, 4) is 0 Å². The molecule has 0 saturated heterocycles. The van der Waals surface area contributed by atoms with Crippen LogP contribution in [0.2, 0.25) is 0 Å². The molecule has 1 nitrogen and oxygen atoms in total. The van der Waals surface area contributed by atoms with Gasteiger partial charge < -0.3 is 28.6 Å². The molecule has 0 rings (SSSR count). The van der Waals surface area contributed by atoms with Crippen LogP contribution in [0.15, 0.2) is 0 Å². The molecular weight excluding hydrogens is 156 g/mol. The second-order valence-electron chi connectivity index (χ2n) is 0.493. The molecule has 0 aromatic rings. The summed E-state index contributed by atoms with van der Waals surface area (Å²) in [4.78, 5) is 0. The van der Waals surface area contributed by atoms with E-state index in [2.05, 4.69) is 11.7 Å². The van der Waals surface area contributed by atoms with Gasteiger partial charge in [-0.05, 0) is 0 Å². The normalized spacial score (nSPS) is 5.00. The van der Waals surface area contributed by atoms with Gasteiger partial charge in [0.25, 0.3) is 0 Å². The number of ether oxygens (including phenoxy) is 1. The standard InChI is InChI=1S/C3H7O.BrH.Mg/c1-3-4-2;;/h1,3H2,2H3;1H;/q-1;;+2/p-1. The van der Waals surface area contributed by atoms with Crippen LogP contribution in [0.25, 0.3) is 0 Å². The molecule has 0 aromatic heterocycles. The maximum atomic E-state index is 4.43. The monoisotopic (exact) mass is 162 g/mol. The molecule has 0 fully saturated rings. The summed E-state index contributed by atoms with van der Waals surface area (Å²) in [6, 6.07) is 0. The van der Waals surface area contributed by atoms with Crippen molar-refractivity contribution in [3.63, 3.8) is 0 Å². The fourth-order valence-electron chi connectivity index (χ4n) is 0. The van der Waals surface area contributed by atoms with Crippen molar-refractivity contribution in [2.24, 2.45) is 0 Å². The van der Waals surface area contributed by atoms with Gasteiger partial charge in [-0.1, -0.05) is 6.61 Å². The Balaban J connectivity index is -0.0000000450. The number of rotatable bonds is 1. The molecule has 0 heterocycles. The molecule has 0 aliphatic heterocycles. The Kier molecular flexibility index (Phi) is 42.8. The fourth-order valence-corrected chi connectivity index (χ4v) is 0. The van der Waals surface area contributed by atoms with Gasteiger partial charge in [-0.25, -0.2) is 0 Å². The molecule has 0 aliphatic rings. The minimum atomic E-state index is 0. The molecule has 0 spiro atoms. The van der Waals surface area contributed by atoms with Crippen molar-refractivity contribution in [2.45, 2.75) is 0 Å². The summed E-state index contributed by atoms with van der Waals surface area (Å²) in [5.41, 5.74) is 0. The van der Waals surface area contributed by atoms with Gasteiger partial charge in [0.05, 0.1) is 0 Å². The van der Waals surface area contributed by atoms with E-state index in [1.54, 1.807) is 7.11 Å². The first-order valence-corrected chi connectivity index (χ1v) is 1.20. The first-order chi connectivity index (χ1) is 1.91. The molecule has 0 bridgehead atoms. The quantitative estimate of drug-likeness (QED) is 0.297. The molecule has 0 saturated carbocycles. The first-order valence-electron chi connectivity index (χ1n) is 1.20. The molecular formula is C3H7BrMgO. The number of hydrogen-bond acceptors (Lipinski definition) is 1. The van der Waals surface area contributed by atoms with E-state index in [0.717, 1.165) is 0 Å². The van der Waals surface area contributed by atoms with E-state index >= 15 is 0 Å². The SMILES string of the molecule is [Br-].[CH2-]COC.[Mg+2]. The number of hydrogen-bond donors (Lipinski definition) is 0. The second kappa shape index (κ2) is 16.4. The van der Waals surface area contributed by atoms with Crippen LogP contribution in [0.3, 0.4) is 0 Å². The van der Waals surface area contributed by atoms with Crippen LogP contribution in [-0.4, -0.2) is 36.8 Å². The second-order valence-corrected chi connectivity index (χ2v) is 0.493. The first kappa shape index (κ1) is 15.7. The molecule has 6 heavy (non-hydrogen) atoms. The van der Waals surface area contributed by atoms with Crippen molar-refractivity contribution in [1.29, 1.82) is 0 Å². The van der Waals surface area contributed by atoms with E-state index in [9.17, 15) is 0 Å². The maximum Gasteiger partial charge on any atom is 2.00 e. The Bertz CT molecular complexity index is 12.8. The van der Waals surface area contributed by atoms with Gasteiger partial charge in [0.2, 0.25) is 0 Å². The average molecular weight is 163 g/mol. The predicted octanol–water partition coefficient (Wildman–Crippen LogP) is -2.91. The van der Waals surface area contributed by atoms with Gasteiger partial charge in [-0.2, -0.15) is 0 Å². The third-order valence-electron chi connectivity index (χ3n) is 0.204. The van der Waals surface area contributed by atoms with Gasteiger partial charge >= 0.3 is 23.1 Å². The zero-order chi connectivity index (χ0) is 3.41. The van der Waals surface area contributed by atoms with Crippen LogP contribution >= 0.6 is 0 Å². The molecule has 0 atom stereocenters. The molecule has 3 heteroatoms. The summed E-state index contributed by atoms with van der Waals surface area (Å²) >= 11 is 0. The van der Waals surface area contributed by atoms with Crippen LogP contribution in [0.5, 0.6) is 0 Å². The summed E-state index contributed by atoms with van der Waals surface area (Å²) in [5, 5.41) is 0. The topological polar surface area (TPSA) is 9.23 Å². The summed E-state index contributed by atoms with van der Waals surface area (Å²) in [6.07, 6.45) is 0. The Labute approximate surface area is 65.4 Å². The van der Waals surface area contributed by atoms with Gasteiger partial charge in [0.15, 0.2) is 0 Å². The van der Waals surface area contributed by atoms with Crippen LogP contribution < -0.4 is 17.0 Å². The van der Waals surface area contributed by atoms with Crippen molar-refractivity contribution in [2.75, 3.05) is 13.7 Å². The average Bonchev–Trinajstić information content (AvgIpc) is 1.37. The summed E-state index contributed by atoms with van der Waals surface area (Å²) in [5.74, 6) is 0. The van der Waals surface area contributed by atoms with E-state index in [-0.39, 0.29) is 40.0 Å². The fraction of sp³-hybridized carbons (Fsp3) is 0.667. The number of methoxy groups -OCH3 is 1. The largest absolute Gasteiger partial charge is 2.00 e. The molecule has 0 unspecified atom stereocenters. The van der Waals surface area contributed by atoms with Gasteiger partial charge in [-0.15, -0.1) is 0 Å². The van der Waals surface area contributed by atoms with Crippen molar-refractivity contribution in [1.82, 2.24) is 0 Å². The Morgan fingerprint density at radius 1 is 1.67 bits per heavy atom. The van der Waals surface area contributed by atoms with Crippen LogP contribution in [0, 0.1) is 6.92 Å². The zero-order valence-corrected chi connectivity index (χ0v) is 6.91. The molecule has 0 N–H and O–H groups in total. The zero-order valence-electron chi connectivity index (χ0n) is 3.91. The summed E-state index contributed by atoms with van der Waals surface area (Å²) < 4.78 is 4.43. The predicted molar refractivity (Wildman–Crippen MR) is 23.0 cm³/mol. The van der Waals surface area contributed by atoms with Crippen molar-refractivity contribution in [3.05, 3.63) is 6.92 Å². The van der Waals surface area contributed by atoms with Crippen molar-refractivity contribution >= 4 is 23.1 Å². The van der Waals surface area contributed by atoms with E-state index in [1.165, 1.54) is 0 Å². The van der Waals surface area contributed by atoms with Crippen LogP contribution in [-0.2, 0) is 4.74 Å². The minimum absolute atomic E-state index is 0. The van der Waals surface area contributed by atoms with E-state index in [4.69, 9.17) is 0 Å². The van der Waals surface area contributed by atoms with Gasteiger partial charge in [0, 0.05) is 7.11 Å². The Morgan fingerprint density at radius 2 is 1.83 bits per heavy atom. The summed E-state index contributed by atoms with van der Waals surface area (Å²) in [7, 11) is 1.62. The Morgan fingerprint density at radius 3 is 1.83 bits per heavy atom. The molecule has 0 radical (unpaired) electrons. The maximum absolute atomic E-state index is 4.43. The Hall–Kier alpha value is 1.21. The van der Waals surface area contributed by atoms with E-state index in [0.29, 0.717) is 6.61 Å². The van der Waals surface area contributed by atoms with Gasteiger partial charge in [0.1, 0.15) is 0 Å². The van der Waals surface area contributed by atoms with Gasteiger partial charge in [-0.3, -0.25) is 0 Å². The van der Waals surface area contributed by atoms with Crippen LogP contribution in [0.1, 0.15) is 0 Å². The third-order valence-corrected chi connectivity index (χ3v) is 0.204. The van der Waals surface area contributed by atoms with E-state index in [1.807, 2.05) is 0 Å². The van der Waals surface area contributed by atoms with E-state index < -0.39 is 0 Å². The molecule has 0 aliphatic carbocycles. The molecule has 34 valence electrons.